The second-order valence-corrected chi connectivity index (χ2v) is 10.5. The van der Waals surface area contributed by atoms with E-state index in [-0.39, 0.29) is 18.2 Å². The van der Waals surface area contributed by atoms with E-state index in [0.717, 1.165) is 61.1 Å². The van der Waals surface area contributed by atoms with Gasteiger partial charge in [0.05, 0.1) is 29.1 Å². The second kappa shape index (κ2) is 13.7. The molecule has 1 aliphatic heterocycles. The number of fused-ring (bicyclic) bond motifs is 1. The van der Waals surface area contributed by atoms with Crippen molar-refractivity contribution in [3.63, 3.8) is 0 Å². The lowest BCUT2D eigenvalue weighted by Crippen LogP contribution is -2.36. The van der Waals surface area contributed by atoms with Crippen LogP contribution in [0.4, 0.5) is 5.69 Å². The molecule has 2 amide bonds. The molecule has 0 aromatic heterocycles. The lowest BCUT2D eigenvalue weighted by Gasteiger charge is -2.29. The smallest absolute Gasteiger partial charge is 0.257 e. The minimum absolute atomic E-state index is 0.0209. The van der Waals surface area contributed by atoms with Gasteiger partial charge in [0.25, 0.3) is 5.91 Å². The van der Waals surface area contributed by atoms with Crippen LogP contribution in [0, 0.1) is 0 Å². The molecule has 0 aliphatic carbocycles. The molecule has 0 spiro atoms. The zero-order valence-corrected chi connectivity index (χ0v) is 23.3. The van der Waals surface area contributed by atoms with E-state index in [1.165, 1.54) is 0 Å². The van der Waals surface area contributed by atoms with Gasteiger partial charge in [-0.3, -0.25) is 9.59 Å². The average Bonchev–Trinajstić information content (AvgIpc) is 2.93. The van der Waals surface area contributed by atoms with Crippen molar-refractivity contribution in [2.24, 2.45) is 0 Å². The summed E-state index contributed by atoms with van der Waals surface area (Å²) in [7, 11) is 1.62. The molecule has 0 unspecified atom stereocenters. The van der Waals surface area contributed by atoms with E-state index in [1.807, 2.05) is 58.3 Å². The average molecular weight is 554 g/mol. The highest BCUT2D eigenvalue weighted by atomic mass is 35.5. The Bertz CT molecular complexity index is 1240. The van der Waals surface area contributed by atoms with Gasteiger partial charge < -0.3 is 14.5 Å². The summed E-state index contributed by atoms with van der Waals surface area (Å²) < 4.78 is 5.35. The molecule has 0 radical (unpaired) electrons. The number of methoxy groups -OCH3 is 1. The molecule has 3 aromatic rings. The van der Waals surface area contributed by atoms with Gasteiger partial charge in [0, 0.05) is 25.3 Å². The summed E-state index contributed by atoms with van der Waals surface area (Å²) in [4.78, 5) is 31.1. The molecule has 0 N–H and O–H groups in total. The Morgan fingerprint density at radius 3 is 2.21 bits per heavy atom. The van der Waals surface area contributed by atoms with Crippen LogP contribution in [-0.4, -0.2) is 36.9 Å². The van der Waals surface area contributed by atoms with Gasteiger partial charge in [-0.15, -0.1) is 0 Å². The van der Waals surface area contributed by atoms with Gasteiger partial charge in [0.15, 0.2) is 0 Å². The number of ether oxygens (including phenoxy) is 1. The fourth-order valence-corrected chi connectivity index (χ4v) is 5.50. The molecule has 0 bridgehead atoms. The first kappa shape index (κ1) is 28.0. The minimum Gasteiger partial charge on any atom is -0.497 e. The minimum atomic E-state index is -0.195. The van der Waals surface area contributed by atoms with Crippen molar-refractivity contribution >= 4 is 40.7 Å². The maximum atomic E-state index is 13.7. The van der Waals surface area contributed by atoms with Crippen LogP contribution in [0.5, 0.6) is 5.75 Å². The Morgan fingerprint density at radius 1 is 0.816 bits per heavy atom. The number of carbonyl (C=O) groups is 2. The van der Waals surface area contributed by atoms with Gasteiger partial charge in [0.2, 0.25) is 5.91 Å². The van der Waals surface area contributed by atoms with Crippen LogP contribution < -0.4 is 9.64 Å². The van der Waals surface area contributed by atoms with Crippen LogP contribution in [0.2, 0.25) is 10.0 Å². The van der Waals surface area contributed by atoms with Gasteiger partial charge >= 0.3 is 0 Å². The molecule has 0 fully saturated rings. The first-order valence-electron chi connectivity index (χ1n) is 13.2. The number of halogens is 2. The molecule has 5 nitrogen and oxygen atoms in total. The quantitative estimate of drug-likeness (QED) is 0.335. The fraction of sp³-hybridized carbons (Fsp3) is 0.355. The van der Waals surface area contributed by atoms with Crippen molar-refractivity contribution in [3.8, 4) is 5.75 Å². The maximum absolute atomic E-state index is 13.7. The van der Waals surface area contributed by atoms with Crippen molar-refractivity contribution in [3.05, 3.63) is 93.5 Å². The Kier molecular flexibility index (Phi) is 10.1. The largest absolute Gasteiger partial charge is 0.497 e. The number of anilines is 1. The van der Waals surface area contributed by atoms with E-state index in [4.69, 9.17) is 27.9 Å². The molecule has 38 heavy (non-hydrogen) atoms. The highest BCUT2D eigenvalue weighted by Crippen LogP contribution is 2.29. The fourth-order valence-electron chi connectivity index (χ4n) is 4.94. The third kappa shape index (κ3) is 7.09. The number of nitrogens with zero attached hydrogens (tertiary/aromatic N) is 2. The standard InChI is InChI=1S/C31H34Cl2N2O3/c1-38-25-14-10-12-23(20-25)21-29(36)35-19-9-5-3-2-4-8-18-34(22-24-13-6-7-17-28(24)35)31(37)30-26(32)15-11-16-27(30)33/h6-7,10-17,20H,2-5,8-9,18-19,21-22H2,1H3. The second-order valence-electron chi connectivity index (χ2n) is 9.65. The Labute approximate surface area is 235 Å². The van der Waals surface area contributed by atoms with Gasteiger partial charge in [-0.25, -0.2) is 0 Å². The Morgan fingerprint density at radius 2 is 1.47 bits per heavy atom. The van der Waals surface area contributed by atoms with Crippen molar-refractivity contribution in [2.45, 2.75) is 51.5 Å². The Hall–Kier alpha value is -3.02. The summed E-state index contributed by atoms with van der Waals surface area (Å²) in [6.45, 7) is 1.58. The van der Waals surface area contributed by atoms with Gasteiger partial charge in [-0.05, 0) is 54.3 Å². The molecule has 200 valence electrons. The number of carbonyl (C=O) groups excluding carboxylic acids is 2. The van der Waals surface area contributed by atoms with Gasteiger partial charge in [-0.2, -0.15) is 0 Å². The zero-order chi connectivity index (χ0) is 26.9. The summed E-state index contributed by atoms with van der Waals surface area (Å²) >= 11 is 12.8. The molecule has 4 rings (SSSR count). The molecule has 0 atom stereocenters. The number of hydrogen-bond acceptors (Lipinski definition) is 3. The van der Waals surface area contributed by atoms with Crippen LogP contribution in [0.15, 0.2) is 66.7 Å². The van der Waals surface area contributed by atoms with E-state index in [2.05, 4.69) is 0 Å². The van der Waals surface area contributed by atoms with E-state index in [1.54, 1.807) is 25.3 Å². The monoisotopic (exact) mass is 552 g/mol. The van der Waals surface area contributed by atoms with Gasteiger partial charge in [0.1, 0.15) is 5.75 Å². The van der Waals surface area contributed by atoms with Crippen molar-refractivity contribution in [1.29, 1.82) is 0 Å². The molecular weight excluding hydrogens is 519 g/mol. The summed E-state index contributed by atoms with van der Waals surface area (Å²) in [6, 6.07) is 20.6. The van der Waals surface area contributed by atoms with Crippen LogP contribution >= 0.6 is 23.2 Å². The predicted molar refractivity (Wildman–Crippen MR) is 154 cm³/mol. The van der Waals surface area contributed by atoms with E-state index >= 15 is 0 Å². The molecule has 1 aliphatic rings. The van der Waals surface area contributed by atoms with Crippen molar-refractivity contribution in [1.82, 2.24) is 4.90 Å². The van der Waals surface area contributed by atoms with Crippen LogP contribution in [-0.2, 0) is 17.8 Å². The third-order valence-corrected chi connectivity index (χ3v) is 7.59. The molecule has 3 aromatic carbocycles. The Balaban J connectivity index is 1.67. The summed E-state index contributed by atoms with van der Waals surface area (Å²) in [5.41, 5.74) is 2.98. The summed E-state index contributed by atoms with van der Waals surface area (Å²) in [6.07, 6.45) is 6.39. The lowest BCUT2D eigenvalue weighted by atomic mass is 10.1. The normalized spacial score (nSPS) is 15.0. The number of hydrogen-bond donors (Lipinski definition) is 0. The van der Waals surface area contributed by atoms with Crippen LogP contribution in [0.3, 0.4) is 0 Å². The molecular formula is C31H34Cl2N2O3. The first-order chi connectivity index (χ1) is 18.5. The van der Waals surface area contributed by atoms with E-state index < -0.39 is 0 Å². The zero-order valence-electron chi connectivity index (χ0n) is 21.8. The number of para-hydroxylation sites is 1. The van der Waals surface area contributed by atoms with Gasteiger partial charge in [-0.1, -0.05) is 85.3 Å². The SMILES string of the molecule is COc1cccc(CC(=O)N2CCCCCCCCN(C(=O)c3c(Cl)cccc3Cl)Cc3ccccc32)c1. The highest BCUT2D eigenvalue weighted by molar-refractivity contribution is 6.39. The number of amides is 2. The van der Waals surface area contributed by atoms with Crippen molar-refractivity contribution < 1.29 is 14.3 Å². The third-order valence-electron chi connectivity index (χ3n) is 6.96. The molecule has 1 heterocycles. The predicted octanol–water partition coefficient (Wildman–Crippen LogP) is 7.57. The molecule has 0 saturated carbocycles. The maximum Gasteiger partial charge on any atom is 0.257 e. The van der Waals surface area contributed by atoms with Crippen LogP contribution in [0.1, 0.15) is 60.0 Å². The van der Waals surface area contributed by atoms with Crippen LogP contribution in [0.25, 0.3) is 0 Å². The number of rotatable bonds is 4. The van der Waals surface area contributed by atoms with Crippen molar-refractivity contribution in [2.75, 3.05) is 25.1 Å². The number of benzene rings is 3. The topological polar surface area (TPSA) is 49.9 Å². The first-order valence-corrected chi connectivity index (χ1v) is 14.0. The molecule has 7 heteroatoms. The van der Waals surface area contributed by atoms with E-state index in [9.17, 15) is 9.59 Å². The lowest BCUT2D eigenvalue weighted by molar-refractivity contribution is -0.118. The summed E-state index contributed by atoms with van der Waals surface area (Å²) in [5.74, 6) is 0.556. The highest BCUT2D eigenvalue weighted by Gasteiger charge is 2.25. The van der Waals surface area contributed by atoms with E-state index in [0.29, 0.717) is 35.2 Å². The molecule has 0 saturated heterocycles. The summed E-state index contributed by atoms with van der Waals surface area (Å²) in [5, 5.41) is 0.683.